The smallest absolute Gasteiger partial charge is 0.144 e. The monoisotopic (exact) mass is 262 g/mol. The van der Waals surface area contributed by atoms with Crippen LogP contribution in [-0.4, -0.2) is 19.2 Å². The molecule has 2 N–H and O–H groups in total. The minimum Gasteiger partial charge on any atom is -0.491 e. The summed E-state index contributed by atoms with van der Waals surface area (Å²) in [5, 5.41) is 0. The summed E-state index contributed by atoms with van der Waals surface area (Å²) in [6, 6.07) is 6.80. The molecule has 0 spiro atoms. The van der Waals surface area contributed by atoms with Crippen LogP contribution in [-0.2, 0) is 0 Å². The Labute approximate surface area is 116 Å². The molecule has 2 rings (SSSR count). The summed E-state index contributed by atoms with van der Waals surface area (Å²) in [4.78, 5) is 2.49. The van der Waals surface area contributed by atoms with Gasteiger partial charge in [0.15, 0.2) is 0 Å². The molecule has 1 fully saturated rings. The molecule has 1 heterocycles. The zero-order valence-electron chi connectivity index (χ0n) is 12.2. The van der Waals surface area contributed by atoms with Gasteiger partial charge in [0.25, 0.3) is 0 Å². The summed E-state index contributed by atoms with van der Waals surface area (Å²) in [5.41, 5.74) is 7.96. The SMILES string of the molecule is CCCOc1cc(N2CCCCCC2C)ccc1N. The van der Waals surface area contributed by atoms with Crippen molar-refractivity contribution in [3.8, 4) is 5.75 Å². The molecular weight excluding hydrogens is 236 g/mol. The second kappa shape index (κ2) is 6.69. The average molecular weight is 262 g/mol. The van der Waals surface area contributed by atoms with E-state index in [0.29, 0.717) is 6.04 Å². The lowest BCUT2D eigenvalue weighted by molar-refractivity contribution is 0.319. The van der Waals surface area contributed by atoms with Crippen LogP contribution in [0.5, 0.6) is 5.75 Å². The second-order valence-electron chi connectivity index (χ2n) is 5.46. The Hall–Kier alpha value is -1.38. The van der Waals surface area contributed by atoms with Gasteiger partial charge in [-0.1, -0.05) is 19.8 Å². The standard InChI is InChI=1S/C16H26N2O/c1-3-11-19-16-12-14(8-9-15(16)17)18-10-6-4-5-7-13(18)2/h8-9,12-13H,3-7,10-11,17H2,1-2H3. The van der Waals surface area contributed by atoms with E-state index >= 15 is 0 Å². The van der Waals surface area contributed by atoms with Crippen LogP contribution < -0.4 is 15.4 Å². The molecule has 1 unspecified atom stereocenters. The van der Waals surface area contributed by atoms with Gasteiger partial charge in [-0.25, -0.2) is 0 Å². The summed E-state index contributed by atoms with van der Waals surface area (Å²) in [5.74, 6) is 0.829. The predicted molar refractivity (Wildman–Crippen MR) is 81.9 cm³/mol. The summed E-state index contributed by atoms with van der Waals surface area (Å²) >= 11 is 0. The van der Waals surface area contributed by atoms with E-state index in [9.17, 15) is 0 Å². The van der Waals surface area contributed by atoms with E-state index in [1.807, 2.05) is 6.07 Å². The first-order valence-corrected chi connectivity index (χ1v) is 7.51. The molecule has 0 aliphatic carbocycles. The van der Waals surface area contributed by atoms with E-state index in [4.69, 9.17) is 10.5 Å². The maximum Gasteiger partial charge on any atom is 0.144 e. The molecule has 0 radical (unpaired) electrons. The van der Waals surface area contributed by atoms with E-state index < -0.39 is 0 Å². The summed E-state index contributed by atoms with van der Waals surface area (Å²) in [6.45, 7) is 6.28. The zero-order chi connectivity index (χ0) is 13.7. The van der Waals surface area contributed by atoms with Gasteiger partial charge in [-0.2, -0.15) is 0 Å². The first-order chi connectivity index (χ1) is 9.22. The van der Waals surface area contributed by atoms with Crippen molar-refractivity contribution in [3.63, 3.8) is 0 Å². The van der Waals surface area contributed by atoms with Crippen LogP contribution in [0.1, 0.15) is 46.0 Å². The molecule has 3 nitrogen and oxygen atoms in total. The number of nitrogens with two attached hydrogens (primary N) is 1. The van der Waals surface area contributed by atoms with Crippen molar-refractivity contribution in [2.75, 3.05) is 23.8 Å². The van der Waals surface area contributed by atoms with Crippen molar-refractivity contribution in [1.82, 2.24) is 0 Å². The molecule has 0 amide bonds. The Morgan fingerprint density at radius 1 is 1.32 bits per heavy atom. The van der Waals surface area contributed by atoms with Crippen molar-refractivity contribution in [2.24, 2.45) is 0 Å². The quantitative estimate of drug-likeness (QED) is 0.838. The first-order valence-electron chi connectivity index (χ1n) is 7.51. The van der Waals surface area contributed by atoms with Gasteiger partial charge in [-0.05, 0) is 38.3 Å². The maximum atomic E-state index is 5.98. The number of anilines is 2. The van der Waals surface area contributed by atoms with Crippen LogP contribution in [0, 0.1) is 0 Å². The Morgan fingerprint density at radius 2 is 2.16 bits per heavy atom. The average Bonchev–Trinajstić information content (AvgIpc) is 2.63. The third kappa shape index (κ3) is 3.55. The van der Waals surface area contributed by atoms with Crippen molar-refractivity contribution in [1.29, 1.82) is 0 Å². The summed E-state index contributed by atoms with van der Waals surface area (Å²) < 4.78 is 5.73. The molecule has 1 aliphatic rings. The maximum absolute atomic E-state index is 5.98. The highest BCUT2D eigenvalue weighted by Crippen LogP contribution is 2.31. The Balaban J connectivity index is 2.18. The van der Waals surface area contributed by atoms with E-state index in [0.717, 1.165) is 31.0 Å². The minimum absolute atomic E-state index is 0.602. The lowest BCUT2D eigenvalue weighted by Gasteiger charge is -2.30. The highest BCUT2D eigenvalue weighted by molar-refractivity contribution is 5.62. The number of nitrogen functional groups attached to an aromatic ring is 1. The second-order valence-corrected chi connectivity index (χ2v) is 5.46. The Bertz CT molecular complexity index is 406. The molecule has 1 atom stereocenters. The molecular formula is C16H26N2O. The fourth-order valence-corrected chi connectivity index (χ4v) is 2.70. The van der Waals surface area contributed by atoms with Crippen LogP contribution in [0.15, 0.2) is 18.2 Å². The van der Waals surface area contributed by atoms with Crippen molar-refractivity contribution >= 4 is 11.4 Å². The van der Waals surface area contributed by atoms with Crippen LogP contribution in [0.25, 0.3) is 0 Å². The molecule has 1 aliphatic heterocycles. The largest absolute Gasteiger partial charge is 0.491 e. The van der Waals surface area contributed by atoms with Gasteiger partial charge in [0, 0.05) is 24.3 Å². The molecule has 0 saturated carbocycles. The van der Waals surface area contributed by atoms with Gasteiger partial charge < -0.3 is 15.4 Å². The number of hydrogen-bond donors (Lipinski definition) is 1. The number of nitrogens with zero attached hydrogens (tertiary/aromatic N) is 1. The molecule has 1 saturated heterocycles. The summed E-state index contributed by atoms with van der Waals surface area (Å²) in [7, 11) is 0. The molecule has 0 aromatic heterocycles. The third-order valence-electron chi connectivity index (χ3n) is 3.84. The fourth-order valence-electron chi connectivity index (χ4n) is 2.70. The lowest BCUT2D eigenvalue weighted by Crippen LogP contribution is -2.32. The van der Waals surface area contributed by atoms with Crippen LogP contribution >= 0.6 is 0 Å². The highest BCUT2D eigenvalue weighted by Gasteiger charge is 2.18. The molecule has 1 aromatic rings. The normalized spacial score (nSPS) is 20.1. The molecule has 106 valence electrons. The third-order valence-corrected chi connectivity index (χ3v) is 3.84. The number of ether oxygens (including phenoxy) is 1. The number of benzene rings is 1. The number of hydrogen-bond acceptors (Lipinski definition) is 3. The zero-order valence-corrected chi connectivity index (χ0v) is 12.2. The highest BCUT2D eigenvalue weighted by atomic mass is 16.5. The number of rotatable bonds is 4. The van der Waals surface area contributed by atoms with E-state index in [2.05, 4.69) is 30.9 Å². The Kier molecular flexibility index (Phi) is 4.94. The molecule has 1 aromatic carbocycles. The fraction of sp³-hybridized carbons (Fsp3) is 0.625. The van der Waals surface area contributed by atoms with Crippen molar-refractivity contribution < 1.29 is 4.74 Å². The molecule has 0 bridgehead atoms. The van der Waals surface area contributed by atoms with Gasteiger partial charge in [0.05, 0.1) is 12.3 Å². The topological polar surface area (TPSA) is 38.5 Å². The van der Waals surface area contributed by atoms with Gasteiger partial charge in [-0.15, -0.1) is 0 Å². The first kappa shape index (κ1) is 14.0. The van der Waals surface area contributed by atoms with Gasteiger partial charge in [-0.3, -0.25) is 0 Å². The lowest BCUT2D eigenvalue weighted by atomic mass is 10.1. The van der Waals surface area contributed by atoms with E-state index in [1.54, 1.807) is 0 Å². The van der Waals surface area contributed by atoms with Crippen LogP contribution in [0.4, 0.5) is 11.4 Å². The molecule has 19 heavy (non-hydrogen) atoms. The van der Waals surface area contributed by atoms with Gasteiger partial charge >= 0.3 is 0 Å². The van der Waals surface area contributed by atoms with Crippen molar-refractivity contribution in [3.05, 3.63) is 18.2 Å². The van der Waals surface area contributed by atoms with Crippen LogP contribution in [0.3, 0.4) is 0 Å². The van der Waals surface area contributed by atoms with Crippen LogP contribution in [0.2, 0.25) is 0 Å². The predicted octanol–water partition coefficient (Wildman–Crippen LogP) is 3.83. The van der Waals surface area contributed by atoms with E-state index in [-0.39, 0.29) is 0 Å². The summed E-state index contributed by atoms with van der Waals surface area (Å²) in [6.07, 6.45) is 6.24. The molecule has 3 heteroatoms. The van der Waals surface area contributed by atoms with Gasteiger partial charge in [0.2, 0.25) is 0 Å². The van der Waals surface area contributed by atoms with E-state index in [1.165, 1.54) is 31.4 Å². The van der Waals surface area contributed by atoms with Gasteiger partial charge in [0.1, 0.15) is 5.75 Å². The Morgan fingerprint density at radius 3 is 2.95 bits per heavy atom. The van der Waals surface area contributed by atoms with Crippen molar-refractivity contribution in [2.45, 2.75) is 52.0 Å². The minimum atomic E-state index is 0.602.